The monoisotopic (exact) mass is 282 g/mol. The van der Waals surface area contributed by atoms with Crippen molar-refractivity contribution in [3.05, 3.63) is 33.8 Å². The number of carbonyl (C=O) groups excluding carboxylic acids is 1. The van der Waals surface area contributed by atoms with Crippen LogP contribution in [0.5, 0.6) is 0 Å². The molecular weight excluding hydrogens is 267 g/mol. The van der Waals surface area contributed by atoms with Crippen molar-refractivity contribution in [2.24, 2.45) is 17.8 Å². The predicted octanol–water partition coefficient (Wildman–Crippen LogP) is 4.54. The van der Waals surface area contributed by atoms with E-state index in [0.717, 1.165) is 5.56 Å². The minimum atomic E-state index is 0.292. The van der Waals surface area contributed by atoms with Gasteiger partial charge in [0.2, 0.25) is 0 Å². The maximum atomic E-state index is 12.3. The first-order chi connectivity index (χ1) is 8.68. The van der Waals surface area contributed by atoms with E-state index >= 15 is 0 Å². The van der Waals surface area contributed by atoms with Crippen LogP contribution >= 0.6 is 23.2 Å². The lowest BCUT2D eigenvalue weighted by Gasteiger charge is -2.05. The summed E-state index contributed by atoms with van der Waals surface area (Å²) in [6.07, 6.45) is 5.44. The molecule has 3 rings (SSSR count). The second kappa shape index (κ2) is 4.86. The van der Waals surface area contributed by atoms with E-state index in [0.29, 0.717) is 40.0 Å². The summed E-state index contributed by atoms with van der Waals surface area (Å²) < 4.78 is 0. The Kier molecular flexibility index (Phi) is 3.38. The van der Waals surface area contributed by atoms with E-state index in [1.807, 2.05) is 6.07 Å². The van der Waals surface area contributed by atoms with Crippen LogP contribution in [0, 0.1) is 17.8 Å². The fraction of sp³-hybridized carbons (Fsp3) is 0.533. The topological polar surface area (TPSA) is 17.1 Å². The molecule has 1 aromatic carbocycles. The molecule has 1 nitrogen and oxygen atoms in total. The summed E-state index contributed by atoms with van der Waals surface area (Å²) in [5, 5.41) is 1.22. The summed E-state index contributed by atoms with van der Waals surface area (Å²) in [4.78, 5) is 12.3. The number of fused-ring (bicyclic) bond motifs is 1. The van der Waals surface area contributed by atoms with Crippen LogP contribution in [-0.2, 0) is 11.2 Å². The average Bonchev–Trinajstić information content (AvgIpc) is 3.08. The summed E-state index contributed by atoms with van der Waals surface area (Å²) in [5.74, 6) is 1.95. The third kappa shape index (κ3) is 2.19. The quantitative estimate of drug-likeness (QED) is 0.795. The van der Waals surface area contributed by atoms with E-state index in [1.165, 1.54) is 25.7 Å². The molecule has 2 unspecified atom stereocenters. The highest BCUT2D eigenvalue weighted by atomic mass is 35.5. The van der Waals surface area contributed by atoms with Crippen LogP contribution in [0.4, 0.5) is 0 Å². The molecule has 0 aromatic heterocycles. The van der Waals surface area contributed by atoms with Crippen LogP contribution in [0.2, 0.25) is 10.0 Å². The Bertz CT molecular complexity index is 451. The lowest BCUT2D eigenvalue weighted by molar-refractivity contribution is -0.120. The van der Waals surface area contributed by atoms with Crippen molar-refractivity contribution in [1.29, 1.82) is 0 Å². The molecule has 3 heteroatoms. The zero-order valence-electron chi connectivity index (χ0n) is 10.2. The van der Waals surface area contributed by atoms with Crippen LogP contribution < -0.4 is 0 Å². The van der Waals surface area contributed by atoms with Crippen LogP contribution in [-0.4, -0.2) is 5.78 Å². The third-order valence-electron chi connectivity index (χ3n) is 4.44. The Labute approximate surface area is 117 Å². The maximum Gasteiger partial charge on any atom is 0.141 e. The second-order valence-corrected chi connectivity index (χ2v) is 6.30. The highest BCUT2D eigenvalue weighted by Gasteiger charge is 2.54. The summed E-state index contributed by atoms with van der Waals surface area (Å²) in [6, 6.07) is 5.42. The lowest BCUT2D eigenvalue weighted by Crippen LogP contribution is -2.08. The molecule has 0 radical (unpaired) electrons. The van der Waals surface area contributed by atoms with Gasteiger partial charge in [-0.15, -0.1) is 0 Å². The number of halogens is 2. The summed E-state index contributed by atoms with van der Waals surface area (Å²) in [5.41, 5.74) is 0.800. The van der Waals surface area contributed by atoms with Crippen LogP contribution in [0.25, 0.3) is 0 Å². The van der Waals surface area contributed by atoms with Gasteiger partial charge in [0.15, 0.2) is 0 Å². The van der Waals surface area contributed by atoms with E-state index in [2.05, 4.69) is 0 Å². The molecular formula is C15H16Cl2O. The van der Waals surface area contributed by atoms with Gasteiger partial charge in [0, 0.05) is 22.4 Å². The van der Waals surface area contributed by atoms with Gasteiger partial charge < -0.3 is 0 Å². The van der Waals surface area contributed by atoms with Gasteiger partial charge in [0.05, 0.1) is 0 Å². The number of rotatable bonds is 3. The van der Waals surface area contributed by atoms with Crippen molar-refractivity contribution < 1.29 is 4.79 Å². The predicted molar refractivity (Wildman–Crippen MR) is 74.1 cm³/mol. The van der Waals surface area contributed by atoms with Gasteiger partial charge >= 0.3 is 0 Å². The van der Waals surface area contributed by atoms with E-state index in [9.17, 15) is 4.79 Å². The van der Waals surface area contributed by atoms with E-state index in [-0.39, 0.29) is 0 Å². The molecule has 0 amide bonds. The molecule has 0 N–H and O–H groups in total. The highest BCUT2D eigenvalue weighted by Crippen LogP contribution is 2.56. The molecule has 0 bridgehead atoms. The van der Waals surface area contributed by atoms with E-state index < -0.39 is 0 Å². The highest BCUT2D eigenvalue weighted by molar-refractivity contribution is 6.36. The van der Waals surface area contributed by atoms with Gasteiger partial charge in [-0.05, 0) is 42.4 Å². The Morgan fingerprint density at radius 3 is 2.22 bits per heavy atom. The van der Waals surface area contributed by atoms with E-state index in [1.54, 1.807) is 12.1 Å². The Balaban J connectivity index is 1.72. The first-order valence-corrected chi connectivity index (χ1v) is 7.39. The van der Waals surface area contributed by atoms with Gasteiger partial charge in [0.1, 0.15) is 5.78 Å². The van der Waals surface area contributed by atoms with Gasteiger partial charge in [0.25, 0.3) is 0 Å². The standard InChI is InChI=1S/C15H16Cl2O/c16-12-6-3-7-13(17)11(12)8-14(18)15-9-4-1-2-5-10(9)15/h3,6-7,9-10,15H,1-2,4-5,8H2. The van der Waals surface area contributed by atoms with Crippen molar-refractivity contribution >= 4 is 29.0 Å². The molecule has 2 aliphatic rings. The first kappa shape index (κ1) is 12.5. The molecule has 2 fully saturated rings. The molecule has 2 atom stereocenters. The number of carbonyl (C=O) groups is 1. The normalized spacial score (nSPS) is 29.8. The molecule has 2 aliphatic carbocycles. The van der Waals surface area contributed by atoms with E-state index in [4.69, 9.17) is 23.2 Å². The minimum Gasteiger partial charge on any atom is -0.299 e. The minimum absolute atomic E-state index is 0.292. The van der Waals surface area contributed by atoms with Crippen LogP contribution in [0.15, 0.2) is 18.2 Å². The number of hydrogen-bond acceptors (Lipinski definition) is 1. The van der Waals surface area contributed by atoms with Crippen LogP contribution in [0.3, 0.4) is 0 Å². The van der Waals surface area contributed by atoms with Gasteiger partial charge in [-0.2, -0.15) is 0 Å². The molecule has 96 valence electrons. The number of benzene rings is 1. The fourth-order valence-corrected chi connectivity index (χ4v) is 3.99. The summed E-state index contributed by atoms with van der Waals surface area (Å²) >= 11 is 12.2. The van der Waals surface area contributed by atoms with Crippen molar-refractivity contribution in [2.45, 2.75) is 32.1 Å². The average molecular weight is 283 g/mol. The summed E-state index contributed by atoms with van der Waals surface area (Å²) in [7, 11) is 0. The van der Waals surface area contributed by atoms with Gasteiger partial charge in [-0.3, -0.25) is 4.79 Å². The van der Waals surface area contributed by atoms with Crippen molar-refractivity contribution in [3.63, 3.8) is 0 Å². The molecule has 1 aromatic rings. The third-order valence-corrected chi connectivity index (χ3v) is 5.15. The molecule has 2 saturated carbocycles. The smallest absolute Gasteiger partial charge is 0.141 e. The number of hydrogen-bond donors (Lipinski definition) is 0. The zero-order valence-corrected chi connectivity index (χ0v) is 11.7. The van der Waals surface area contributed by atoms with Gasteiger partial charge in [-0.25, -0.2) is 0 Å². The zero-order chi connectivity index (χ0) is 12.7. The number of Topliss-reactive ketones (excluding diaryl/α,β-unsaturated/α-hetero) is 1. The lowest BCUT2D eigenvalue weighted by atomic mass is 10.0. The molecule has 0 aliphatic heterocycles. The van der Waals surface area contributed by atoms with Crippen molar-refractivity contribution in [3.8, 4) is 0 Å². The largest absolute Gasteiger partial charge is 0.299 e. The first-order valence-electron chi connectivity index (χ1n) is 6.64. The maximum absolute atomic E-state index is 12.3. The molecule has 0 saturated heterocycles. The van der Waals surface area contributed by atoms with Gasteiger partial charge in [-0.1, -0.05) is 42.1 Å². The molecule has 0 spiro atoms. The Morgan fingerprint density at radius 2 is 1.67 bits per heavy atom. The van der Waals surface area contributed by atoms with Crippen molar-refractivity contribution in [2.75, 3.05) is 0 Å². The number of ketones is 1. The fourth-order valence-electron chi connectivity index (χ4n) is 3.46. The Hall–Kier alpha value is -0.530. The SMILES string of the molecule is O=C(Cc1c(Cl)cccc1Cl)C1C2CCCCC21. The Morgan fingerprint density at radius 1 is 1.11 bits per heavy atom. The molecule has 0 heterocycles. The van der Waals surface area contributed by atoms with Crippen LogP contribution in [0.1, 0.15) is 31.2 Å². The van der Waals surface area contributed by atoms with Crippen molar-refractivity contribution in [1.82, 2.24) is 0 Å². The summed E-state index contributed by atoms with van der Waals surface area (Å²) in [6.45, 7) is 0. The second-order valence-electron chi connectivity index (χ2n) is 5.48. The molecule has 18 heavy (non-hydrogen) atoms.